The molecule has 0 saturated carbocycles. The number of piperidine rings is 1. The standard InChI is InChI=1S/C16H25F2N3O2/c1-14(2,3)11-10-12(20-23-11)19-13(22)15(4,5)21-8-6-16(17,18)7-9-21/h10H,6-9H2,1-5H3,(H,19,20,22). The van der Waals surface area contributed by atoms with E-state index in [1.807, 2.05) is 20.8 Å². The normalized spacial score (nSPS) is 19.6. The van der Waals surface area contributed by atoms with Crippen molar-refractivity contribution in [2.24, 2.45) is 0 Å². The molecule has 0 radical (unpaired) electrons. The number of nitrogens with zero attached hydrogens (tertiary/aromatic N) is 2. The average molecular weight is 329 g/mol. The summed E-state index contributed by atoms with van der Waals surface area (Å²) in [6.07, 6.45) is -0.441. The second-order valence-corrected chi connectivity index (χ2v) is 7.68. The highest BCUT2D eigenvalue weighted by Crippen LogP contribution is 2.32. The number of nitrogens with one attached hydrogen (secondary N) is 1. The molecule has 23 heavy (non-hydrogen) atoms. The Morgan fingerprint density at radius 2 is 1.83 bits per heavy atom. The third kappa shape index (κ3) is 4.07. The largest absolute Gasteiger partial charge is 0.359 e. The van der Waals surface area contributed by atoms with Crippen LogP contribution in [-0.2, 0) is 10.2 Å². The summed E-state index contributed by atoms with van der Waals surface area (Å²) < 4.78 is 31.8. The molecule has 0 atom stereocenters. The minimum absolute atomic E-state index is 0.194. The van der Waals surface area contributed by atoms with Gasteiger partial charge in [0.25, 0.3) is 5.92 Å². The average Bonchev–Trinajstić information content (AvgIpc) is 2.86. The molecule has 1 N–H and O–H groups in total. The molecule has 0 aromatic carbocycles. The fourth-order valence-electron chi connectivity index (χ4n) is 2.49. The van der Waals surface area contributed by atoms with Crippen molar-refractivity contribution in [2.45, 2.75) is 64.3 Å². The predicted octanol–water partition coefficient (Wildman–Crippen LogP) is 3.42. The molecule has 1 aromatic heterocycles. The third-order valence-corrected chi connectivity index (χ3v) is 4.33. The molecular formula is C16H25F2N3O2. The molecule has 2 rings (SSSR count). The first-order valence-electron chi connectivity index (χ1n) is 7.83. The molecule has 1 aromatic rings. The number of halogens is 2. The van der Waals surface area contributed by atoms with Crippen LogP contribution in [0.25, 0.3) is 0 Å². The predicted molar refractivity (Wildman–Crippen MR) is 83.7 cm³/mol. The number of rotatable bonds is 3. The van der Waals surface area contributed by atoms with E-state index in [0.717, 1.165) is 0 Å². The SMILES string of the molecule is CC(C)(C)c1cc(NC(=O)C(C)(C)N2CCC(F)(F)CC2)no1. The van der Waals surface area contributed by atoms with Crippen molar-refractivity contribution >= 4 is 11.7 Å². The fraction of sp³-hybridized carbons (Fsp3) is 0.750. The summed E-state index contributed by atoms with van der Waals surface area (Å²) in [5.41, 5.74) is -1.10. The van der Waals surface area contributed by atoms with Crippen LogP contribution in [0.5, 0.6) is 0 Å². The van der Waals surface area contributed by atoms with E-state index in [4.69, 9.17) is 4.52 Å². The maximum atomic E-state index is 13.3. The van der Waals surface area contributed by atoms with E-state index in [9.17, 15) is 13.6 Å². The number of aromatic nitrogens is 1. The minimum atomic E-state index is -2.63. The van der Waals surface area contributed by atoms with Gasteiger partial charge in [0.2, 0.25) is 5.91 Å². The van der Waals surface area contributed by atoms with Gasteiger partial charge in [0.05, 0.1) is 5.54 Å². The van der Waals surface area contributed by atoms with Crippen molar-refractivity contribution in [3.05, 3.63) is 11.8 Å². The van der Waals surface area contributed by atoms with Crippen LogP contribution in [0, 0.1) is 0 Å². The number of carbonyl (C=O) groups is 1. The monoisotopic (exact) mass is 329 g/mol. The van der Waals surface area contributed by atoms with Crippen LogP contribution in [-0.4, -0.2) is 40.5 Å². The molecule has 0 unspecified atom stereocenters. The van der Waals surface area contributed by atoms with Crippen molar-refractivity contribution in [1.29, 1.82) is 0 Å². The zero-order valence-corrected chi connectivity index (χ0v) is 14.4. The van der Waals surface area contributed by atoms with Crippen molar-refractivity contribution in [3.63, 3.8) is 0 Å². The first-order chi connectivity index (χ1) is 10.4. The summed E-state index contributed by atoms with van der Waals surface area (Å²) in [4.78, 5) is 14.3. The first kappa shape index (κ1) is 17.8. The Kier molecular flexibility index (Phi) is 4.54. The Morgan fingerprint density at radius 1 is 1.26 bits per heavy atom. The molecule has 1 amide bonds. The minimum Gasteiger partial charge on any atom is -0.359 e. The van der Waals surface area contributed by atoms with Gasteiger partial charge in [-0.2, -0.15) is 0 Å². The molecule has 2 heterocycles. The van der Waals surface area contributed by atoms with Gasteiger partial charge in [-0.1, -0.05) is 25.9 Å². The van der Waals surface area contributed by atoms with Crippen LogP contribution in [0.1, 0.15) is 53.2 Å². The highest BCUT2D eigenvalue weighted by Gasteiger charge is 2.42. The van der Waals surface area contributed by atoms with Gasteiger partial charge in [0.15, 0.2) is 5.82 Å². The van der Waals surface area contributed by atoms with Gasteiger partial charge in [0.1, 0.15) is 5.76 Å². The Morgan fingerprint density at radius 3 is 2.30 bits per heavy atom. The van der Waals surface area contributed by atoms with E-state index in [0.29, 0.717) is 11.6 Å². The highest BCUT2D eigenvalue weighted by molar-refractivity contribution is 5.96. The molecule has 0 bridgehead atoms. The number of hydrogen-bond donors (Lipinski definition) is 1. The lowest BCUT2D eigenvalue weighted by Crippen LogP contribution is -2.56. The number of carbonyl (C=O) groups excluding carboxylic acids is 1. The molecule has 1 aliphatic rings. The van der Waals surface area contributed by atoms with E-state index in [2.05, 4.69) is 10.5 Å². The Labute approximate surface area is 135 Å². The van der Waals surface area contributed by atoms with Gasteiger partial charge in [-0.25, -0.2) is 8.78 Å². The zero-order chi connectivity index (χ0) is 17.5. The van der Waals surface area contributed by atoms with Gasteiger partial charge >= 0.3 is 0 Å². The molecule has 130 valence electrons. The van der Waals surface area contributed by atoms with Gasteiger partial charge < -0.3 is 9.84 Å². The lowest BCUT2D eigenvalue weighted by atomic mass is 9.93. The van der Waals surface area contributed by atoms with Gasteiger partial charge in [-0.05, 0) is 13.8 Å². The molecule has 1 fully saturated rings. The van der Waals surface area contributed by atoms with Gasteiger partial charge in [-0.3, -0.25) is 9.69 Å². The highest BCUT2D eigenvalue weighted by atomic mass is 19.3. The summed E-state index contributed by atoms with van der Waals surface area (Å²) in [7, 11) is 0. The van der Waals surface area contributed by atoms with Crippen molar-refractivity contribution in [2.75, 3.05) is 18.4 Å². The van der Waals surface area contributed by atoms with Crippen molar-refractivity contribution in [1.82, 2.24) is 10.1 Å². The van der Waals surface area contributed by atoms with Crippen LogP contribution in [0.3, 0.4) is 0 Å². The topological polar surface area (TPSA) is 58.4 Å². The van der Waals surface area contributed by atoms with Gasteiger partial charge in [-0.15, -0.1) is 0 Å². The zero-order valence-electron chi connectivity index (χ0n) is 14.4. The maximum absolute atomic E-state index is 13.3. The lowest BCUT2D eigenvalue weighted by Gasteiger charge is -2.41. The number of alkyl halides is 2. The quantitative estimate of drug-likeness (QED) is 0.923. The van der Waals surface area contributed by atoms with Crippen LogP contribution in [0.2, 0.25) is 0 Å². The van der Waals surface area contributed by atoms with Crippen LogP contribution >= 0.6 is 0 Å². The van der Waals surface area contributed by atoms with Gasteiger partial charge in [0, 0.05) is 37.4 Å². The summed E-state index contributed by atoms with van der Waals surface area (Å²) in [5.74, 6) is -1.90. The van der Waals surface area contributed by atoms with E-state index < -0.39 is 11.5 Å². The molecular weight excluding hydrogens is 304 g/mol. The Balaban J connectivity index is 2.03. The molecule has 0 aliphatic carbocycles. The van der Waals surface area contributed by atoms with E-state index in [1.165, 1.54) is 0 Å². The van der Waals surface area contributed by atoms with E-state index >= 15 is 0 Å². The Bertz CT molecular complexity index is 566. The smallest absolute Gasteiger partial charge is 0.250 e. The third-order valence-electron chi connectivity index (χ3n) is 4.33. The summed E-state index contributed by atoms with van der Waals surface area (Å²) >= 11 is 0. The molecule has 1 aliphatic heterocycles. The lowest BCUT2D eigenvalue weighted by molar-refractivity contribution is -0.131. The molecule has 5 nitrogen and oxygen atoms in total. The Hall–Kier alpha value is -1.50. The van der Waals surface area contributed by atoms with Crippen molar-refractivity contribution < 1.29 is 18.1 Å². The maximum Gasteiger partial charge on any atom is 0.250 e. The fourth-order valence-corrected chi connectivity index (χ4v) is 2.49. The van der Waals surface area contributed by atoms with E-state index in [-0.39, 0.29) is 37.3 Å². The second-order valence-electron chi connectivity index (χ2n) is 7.68. The molecule has 1 saturated heterocycles. The van der Waals surface area contributed by atoms with Crippen LogP contribution in [0.4, 0.5) is 14.6 Å². The van der Waals surface area contributed by atoms with E-state index in [1.54, 1.807) is 24.8 Å². The number of amides is 1. The first-order valence-corrected chi connectivity index (χ1v) is 7.83. The number of anilines is 1. The molecule has 0 spiro atoms. The number of hydrogen-bond acceptors (Lipinski definition) is 4. The second kappa shape index (κ2) is 5.85. The number of likely N-dealkylation sites (tertiary alicyclic amines) is 1. The molecule has 7 heteroatoms. The summed E-state index contributed by atoms with van der Waals surface area (Å²) in [6, 6.07) is 1.69. The van der Waals surface area contributed by atoms with Crippen molar-refractivity contribution in [3.8, 4) is 0 Å². The summed E-state index contributed by atoms with van der Waals surface area (Å²) in [6.45, 7) is 9.80. The summed E-state index contributed by atoms with van der Waals surface area (Å²) in [5, 5.41) is 6.58. The van der Waals surface area contributed by atoms with Crippen LogP contribution < -0.4 is 5.32 Å². The van der Waals surface area contributed by atoms with Crippen LogP contribution in [0.15, 0.2) is 10.6 Å².